The summed E-state index contributed by atoms with van der Waals surface area (Å²) < 4.78 is 1.98. The average Bonchev–Trinajstić information content (AvgIpc) is 2.80. The zero-order valence-corrected chi connectivity index (χ0v) is 10.6. The Morgan fingerprint density at radius 3 is 3.00 bits per heavy atom. The second kappa shape index (κ2) is 6.17. The summed E-state index contributed by atoms with van der Waals surface area (Å²) in [4.78, 5) is 2.51. The summed E-state index contributed by atoms with van der Waals surface area (Å²) in [5.41, 5.74) is 0. The molecule has 1 saturated heterocycles. The molecule has 0 spiro atoms. The van der Waals surface area contributed by atoms with Gasteiger partial charge in [0.25, 0.3) is 0 Å². The first-order valence-corrected chi connectivity index (χ1v) is 6.65. The molecule has 1 aliphatic heterocycles. The van der Waals surface area contributed by atoms with Gasteiger partial charge in [0, 0.05) is 25.0 Å². The fraction of sp³-hybridized carbons (Fsp3) is 0.769. The molecule has 4 heteroatoms. The van der Waals surface area contributed by atoms with E-state index in [2.05, 4.69) is 10.00 Å². The minimum atomic E-state index is -0.190. The number of piperidine rings is 1. The number of aromatic nitrogens is 2. The van der Waals surface area contributed by atoms with Crippen LogP contribution in [0, 0.1) is 0 Å². The van der Waals surface area contributed by atoms with Crippen LogP contribution < -0.4 is 0 Å². The zero-order valence-electron chi connectivity index (χ0n) is 10.6. The van der Waals surface area contributed by atoms with Crippen LogP contribution in [0.2, 0.25) is 0 Å². The summed E-state index contributed by atoms with van der Waals surface area (Å²) in [5, 5.41) is 13.8. The molecule has 4 nitrogen and oxygen atoms in total. The van der Waals surface area contributed by atoms with Crippen LogP contribution in [0.5, 0.6) is 0 Å². The molecular weight excluding hydrogens is 214 g/mol. The van der Waals surface area contributed by atoms with Crippen molar-refractivity contribution in [1.29, 1.82) is 0 Å². The molecular formula is C13H23N3O. The van der Waals surface area contributed by atoms with Gasteiger partial charge < -0.3 is 5.11 Å². The Hall–Kier alpha value is -0.870. The smallest absolute Gasteiger partial charge is 0.0536 e. The third-order valence-corrected chi connectivity index (χ3v) is 3.54. The molecule has 0 bridgehead atoms. The van der Waals surface area contributed by atoms with Gasteiger partial charge in [0.15, 0.2) is 0 Å². The summed E-state index contributed by atoms with van der Waals surface area (Å²) in [7, 11) is 0. The van der Waals surface area contributed by atoms with Gasteiger partial charge in [-0.1, -0.05) is 6.42 Å². The SMILES string of the molecule is CC(O)CC1CCCCN1CCn1cccn1. The maximum Gasteiger partial charge on any atom is 0.0536 e. The molecule has 0 amide bonds. The molecule has 0 aliphatic carbocycles. The molecule has 1 aliphatic rings. The minimum Gasteiger partial charge on any atom is -0.393 e. The van der Waals surface area contributed by atoms with E-state index < -0.39 is 0 Å². The summed E-state index contributed by atoms with van der Waals surface area (Å²) in [6.45, 7) is 5.04. The summed E-state index contributed by atoms with van der Waals surface area (Å²) in [6, 6.07) is 2.52. The van der Waals surface area contributed by atoms with E-state index in [-0.39, 0.29) is 6.10 Å². The van der Waals surface area contributed by atoms with Crippen molar-refractivity contribution >= 4 is 0 Å². The molecule has 2 rings (SSSR count). The fourth-order valence-corrected chi connectivity index (χ4v) is 2.68. The topological polar surface area (TPSA) is 41.3 Å². The monoisotopic (exact) mass is 237 g/mol. The van der Waals surface area contributed by atoms with Gasteiger partial charge in [-0.25, -0.2) is 0 Å². The second-order valence-corrected chi connectivity index (χ2v) is 5.04. The summed E-state index contributed by atoms with van der Waals surface area (Å²) in [5.74, 6) is 0. The molecule has 1 N–H and O–H groups in total. The van der Waals surface area contributed by atoms with Crippen LogP contribution in [0.1, 0.15) is 32.6 Å². The van der Waals surface area contributed by atoms with E-state index in [1.165, 1.54) is 25.8 Å². The van der Waals surface area contributed by atoms with Gasteiger partial charge >= 0.3 is 0 Å². The van der Waals surface area contributed by atoms with Crippen LogP contribution >= 0.6 is 0 Å². The predicted molar refractivity (Wildman–Crippen MR) is 67.7 cm³/mol. The standard InChI is InChI=1S/C13H23N3O/c1-12(17)11-13-5-2-3-7-15(13)9-10-16-8-4-6-14-16/h4,6,8,12-13,17H,2-3,5,7,9-11H2,1H3. The maximum atomic E-state index is 9.53. The van der Waals surface area contributed by atoms with Crippen LogP contribution in [-0.2, 0) is 6.54 Å². The Morgan fingerprint density at radius 1 is 1.41 bits per heavy atom. The molecule has 2 atom stereocenters. The quantitative estimate of drug-likeness (QED) is 0.844. The Labute approximate surface area is 103 Å². The van der Waals surface area contributed by atoms with E-state index in [0.29, 0.717) is 6.04 Å². The van der Waals surface area contributed by atoms with E-state index in [9.17, 15) is 5.11 Å². The van der Waals surface area contributed by atoms with Gasteiger partial charge in [0.1, 0.15) is 0 Å². The molecule has 2 unspecified atom stereocenters. The van der Waals surface area contributed by atoms with Crippen LogP contribution in [0.25, 0.3) is 0 Å². The van der Waals surface area contributed by atoms with Gasteiger partial charge in [-0.05, 0) is 38.8 Å². The Bertz CT molecular complexity index is 310. The lowest BCUT2D eigenvalue weighted by atomic mass is 9.97. The van der Waals surface area contributed by atoms with Gasteiger partial charge in [-0.3, -0.25) is 9.58 Å². The first-order chi connectivity index (χ1) is 8.25. The molecule has 1 fully saturated rings. The van der Waals surface area contributed by atoms with Crippen LogP contribution in [0.3, 0.4) is 0 Å². The van der Waals surface area contributed by atoms with Gasteiger partial charge in [0.05, 0.1) is 12.6 Å². The number of likely N-dealkylation sites (tertiary alicyclic amines) is 1. The lowest BCUT2D eigenvalue weighted by Crippen LogP contribution is -2.42. The number of hydrogen-bond acceptors (Lipinski definition) is 3. The Kier molecular flexibility index (Phi) is 4.57. The van der Waals surface area contributed by atoms with Crippen LogP contribution in [0.15, 0.2) is 18.5 Å². The van der Waals surface area contributed by atoms with E-state index in [1.807, 2.05) is 30.1 Å². The van der Waals surface area contributed by atoms with E-state index in [1.54, 1.807) is 0 Å². The van der Waals surface area contributed by atoms with Crippen molar-refractivity contribution < 1.29 is 5.11 Å². The Balaban J connectivity index is 1.83. The summed E-state index contributed by atoms with van der Waals surface area (Å²) in [6.07, 6.45) is 8.36. The highest BCUT2D eigenvalue weighted by Crippen LogP contribution is 2.20. The predicted octanol–water partition coefficient (Wildman–Crippen LogP) is 1.51. The number of rotatable bonds is 5. The molecule has 17 heavy (non-hydrogen) atoms. The van der Waals surface area contributed by atoms with Gasteiger partial charge in [0.2, 0.25) is 0 Å². The molecule has 1 aromatic rings. The third kappa shape index (κ3) is 3.82. The molecule has 0 aromatic carbocycles. The fourth-order valence-electron chi connectivity index (χ4n) is 2.68. The van der Waals surface area contributed by atoms with Crippen molar-refractivity contribution in [2.75, 3.05) is 13.1 Å². The zero-order chi connectivity index (χ0) is 12.1. The van der Waals surface area contributed by atoms with Crippen molar-refractivity contribution in [1.82, 2.24) is 14.7 Å². The number of aliphatic hydroxyl groups is 1. The first kappa shape index (κ1) is 12.6. The van der Waals surface area contributed by atoms with Crippen molar-refractivity contribution in [2.45, 2.75) is 51.3 Å². The van der Waals surface area contributed by atoms with Crippen molar-refractivity contribution in [3.63, 3.8) is 0 Å². The molecule has 1 aromatic heterocycles. The van der Waals surface area contributed by atoms with E-state index in [0.717, 1.165) is 19.5 Å². The molecule has 0 saturated carbocycles. The molecule has 2 heterocycles. The van der Waals surface area contributed by atoms with Gasteiger partial charge in [-0.15, -0.1) is 0 Å². The van der Waals surface area contributed by atoms with Crippen molar-refractivity contribution in [3.05, 3.63) is 18.5 Å². The largest absolute Gasteiger partial charge is 0.393 e. The highest BCUT2D eigenvalue weighted by atomic mass is 16.3. The van der Waals surface area contributed by atoms with Crippen molar-refractivity contribution in [3.8, 4) is 0 Å². The highest BCUT2D eigenvalue weighted by Gasteiger charge is 2.23. The third-order valence-electron chi connectivity index (χ3n) is 3.54. The second-order valence-electron chi connectivity index (χ2n) is 5.04. The van der Waals surface area contributed by atoms with E-state index in [4.69, 9.17) is 0 Å². The molecule has 96 valence electrons. The Morgan fingerprint density at radius 2 is 2.29 bits per heavy atom. The number of hydrogen-bond donors (Lipinski definition) is 1. The summed E-state index contributed by atoms with van der Waals surface area (Å²) >= 11 is 0. The van der Waals surface area contributed by atoms with E-state index >= 15 is 0 Å². The lowest BCUT2D eigenvalue weighted by molar-refractivity contribution is 0.0836. The van der Waals surface area contributed by atoms with Crippen molar-refractivity contribution in [2.24, 2.45) is 0 Å². The highest BCUT2D eigenvalue weighted by molar-refractivity contribution is 4.81. The number of aliphatic hydroxyl groups excluding tert-OH is 1. The first-order valence-electron chi connectivity index (χ1n) is 6.65. The van der Waals surface area contributed by atoms with Gasteiger partial charge in [-0.2, -0.15) is 5.10 Å². The van der Waals surface area contributed by atoms with Crippen LogP contribution in [0.4, 0.5) is 0 Å². The normalized spacial score (nSPS) is 23.8. The average molecular weight is 237 g/mol. The molecule has 0 radical (unpaired) electrons. The minimum absolute atomic E-state index is 0.190. The van der Waals surface area contributed by atoms with Crippen LogP contribution in [-0.4, -0.2) is 45.0 Å². The number of nitrogens with zero attached hydrogens (tertiary/aromatic N) is 3. The maximum absolute atomic E-state index is 9.53. The lowest BCUT2D eigenvalue weighted by Gasteiger charge is -2.36.